The highest BCUT2D eigenvalue weighted by Gasteiger charge is 1.94. The highest BCUT2D eigenvalue weighted by atomic mass is 79.9. The van der Waals surface area contributed by atoms with E-state index in [0.717, 1.165) is 0 Å². The largest absolute Gasteiger partial charge is 0.396 e. The lowest BCUT2D eigenvalue weighted by molar-refractivity contribution is 1.28. The number of pyridine rings is 1. The lowest BCUT2D eigenvalue weighted by atomic mass is 10.4. The van der Waals surface area contributed by atoms with Gasteiger partial charge in [-0.2, -0.15) is 0 Å². The van der Waals surface area contributed by atoms with E-state index in [0.29, 0.717) is 15.3 Å². The van der Waals surface area contributed by atoms with Crippen molar-refractivity contribution in [3.8, 4) is 0 Å². The van der Waals surface area contributed by atoms with E-state index in [1.807, 2.05) is 0 Å². The van der Waals surface area contributed by atoms with Crippen LogP contribution in [0.5, 0.6) is 0 Å². The topological polar surface area (TPSA) is 38.9 Å². The second-order valence-corrected chi connectivity index (χ2v) is 2.75. The van der Waals surface area contributed by atoms with Crippen LogP contribution in [0.4, 0.5) is 5.69 Å². The molecule has 0 aliphatic heterocycles. The van der Waals surface area contributed by atoms with Gasteiger partial charge in [0.05, 0.1) is 16.9 Å². The van der Waals surface area contributed by atoms with E-state index in [1.165, 1.54) is 6.20 Å². The van der Waals surface area contributed by atoms with Gasteiger partial charge >= 0.3 is 0 Å². The molecular weight excluding hydrogens is 203 g/mol. The SMILES string of the molecule is Nc1cnc(Br)cc1Cl. The predicted octanol–water partition coefficient (Wildman–Crippen LogP) is 2.08. The van der Waals surface area contributed by atoms with Crippen LogP contribution >= 0.6 is 27.5 Å². The van der Waals surface area contributed by atoms with Crippen LogP contribution in [0.15, 0.2) is 16.9 Å². The number of nitrogens with two attached hydrogens (primary N) is 1. The van der Waals surface area contributed by atoms with Gasteiger partial charge in [0, 0.05) is 0 Å². The third kappa shape index (κ3) is 1.56. The standard InChI is InChI=1S/C5H4BrClN2/c6-5-1-3(7)4(8)2-9-5/h1-2H,8H2. The highest BCUT2D eigenvalue weighted by molar-refractivity contribution is 9.10. The minimum atomic E-state index is 0.500. The van der Waals surface area contributed by atoms with E-state index in [-0.39, 0.29) is 0 Å². The zero-order chi connectivity index (χ0) is 6.85. The molecular formula is C5H4BrClN2. The molecule has 1 heterocycles. The molecule has 1 aromatic rings. The molecule has 0 unspecified atom stereocenters. The molecule has 48 valence electrons. The van der Waals surface area contributed by atoms with E-state index in [2.05, 4.69) is 20.9 Å². The van der Waals surface area contributed by atoms with E-state index >= 15 is 0 Å². The average Bonchev–Trinajstić information content (AvgIpc) is 1.80. The third-order valence-electron chi connectivity index (χ3n) is 0.849. The summed E-state index contributed by atoms with van der Waals surface area (Å²) in [4.78, 5) is 3.85. The summed E-state index contributed by atoms with van der Waals surface area (Å²) < 4.78 is 0.696. The Morgan fingerprint density at radius 1 is 1.67 bits per heavy atom. The van der Waals surface area contributed by atoms with Gasteiger partial charge in [-0.3, -0.25) is 0 Å². The lowest BCUT2D eigenvalue weighted by Crippen LogP contribution is -1.86. The monoisotopic (exact) mass is 206 g/mol. The van der Waals surface area contributed by atoms with Crippen molar-refractivity contribution in [2.24, 2.45) is 0 Å². The van der Waals surface area contributed by atoms with Crippen LogP contribution in [0.2, 0.25) is 5.02 Å². The number of hydrogen-bond donors (Lipinski definition) is 1. The molecule has 9 heavy (non-hydrogen) atoms. The number of nitrogen functional groups attached to an aromatic ring is 1. The summed E-state index contributed by atoms with van der Waals surface area (Å²) in [5.74, 6) is 0. The molecule has 0 aliphatic carbocycles. The molecule has 0 aliphatic rings. The van der Waals surface area contributed by atoms with Crippen LogP contribution in [-0.2, 0) is 0 Å². The summed E-state index contributed by atoms with van der Waals surface area (Å²) in [5.41, 5.74) is 5.87. The molecule has 2 nitrogen and oxygen atoms in total. The molecule has 0 aromatic carbocycles. The minimum Gasteiger partial charge on any atom is -0.396 e. The number of halogens is 2. The second kappa shape index (κ2) is 2.54. The lowest BCUT2D eigenvalue weighted by Gasteiger charge is -1.94. The quantitative estimate of drug-likeness (QED) is 0.662. The predicted molar refractivity (Wildman–Crippen MR) is 41.4 cm³/mol. The summed E-state index contributed by atoms with van der Waals surface area (Å²) in [6.45, 7) is 0. The molecule has 4 heteroatoms. The second-order valence-electron chi connectivity index (χ2n) is 1.53. The van der Waals surface area contributed by atoms with Crippen molar-refractivity contribution in [3.63, 3.8) is 0 Å². The Morgan fingerprint density at radius 3 is 2.78 bits per heavy atom. The van der Waals surface area contributed by atoms with Gasteiger partial charge in [-0.1, -0.05) is 11.6 Å². The minimum absolute atomic E-state index is 0.500. The molecule has 0 amide bonds. The molecule has 1 aromatic heterocycles. The van der Waals surface area contributed by atoms with Crippen LogP contribution in [0.25, 0.3) is 0 Å². The van der Waals surface area contributed by atoms with E-state index in [9.17, 15) is 0 Å². The summed E-state index contributed by atoms with van der Waals surface area (Å²) >= 11 is 8.76. The van der Waals surface area contributed by atoms with Gasteiger partial charge in [-0.25, -0.2) is 4.98 Å². The Balaban J connectivity index is 3.17. The van der Waals surface area contributed by atoms with Gasteiger partial charge in [0.25, 0.3) is 0 Å². The Bertz CT molecular complexity index is 226. The van der Waals surface area contributed by atoms with E-state index in [1.54, 1.807) is 6.07 Å². The van der Waals surface area contributed by atoms with Gasteiger partial charge in [0.2, 0.25) is 0 Å². The van der Waals surface area contributed by atoms with Crippen molar-refractivity contribution < 1.29 is 0 Å². The van der Waals surface area contributed by atoms with Gasteiger partial charge in [0.15, 0.2) is 0 Å². The summed E-state index contributed by atoms with van der Waals surface area (Å²) in [6.07, 6.45) is 1.51. The van der Waals surface area contributed by atoms with E-state index in [4.69, 9.17) is 17.3 Å². The third-order valence-corrected chi connectivity index (χ3v) is 1.61. The average molecular weight is 207 g/mol. The van der Waals surface area contributed by atoms with Crippen molar-refractivity contribution in [3.05, 3.63) is 21.9 Å². The van der Waals surface area contributed by atoms with E-state index < -0.39 is 0 Å². The molecule has 0 spiro atoms. The molecule has 0 fully saturated rings. The van der Waals surface area contributed by atoms with Gasteiger partial charge in [0.1, 0.15) is 4.60 Å². The number of aromatic nitrogens is 1. The fraction of sp³-hybridized carbons (Fsp3) is 0. The molecule has 0 saturated heterocycles. The number of anilines is 1. The van der Waals surface area contributed by atoms with Crippen LogP contribution in [-0.4, -0.2) is 4.98 Å². The Hall–Kier alpha value is -0.280. The van der Waals surface area contributed by atoms with Crippen molar-refractivity contribution in [2.45, 2.75) is 0 Å². The van der Waals surface area contributed by atoms with Gasteiger partial charge < -0.3 is 5.73 Å². The first-order valence-electron chi connectivity index (χ1n) is 2.26. The first kappa shape index (κ1) is 6.83. The van der Waals surface area contributed by atoms with Crippen LogP contribution in [0.1, 0.15) is 0 Å². The number of hydrogen-bond acceptors (Lipinski definition) is 2. The zero-order valence-electron chi connectivity index (χ0n) is 4.44. The van der Waals surface area contributed by atoms with Crippen LogP contribution < -0.4 is 5.73 Å². The summed E-state index contributed by atoms with van der Waals surface area (Å²) in [5, 5.41) is 0.525. The highest BCUT2D eigenvalue weighted by Crippen LogP contribution is 2.19. The van der Waals surface area contributed by atoms with Crippen molar-refractivity contribution in [2.75, 3.05) is 5.73 Å². The Kier molecular flexibility index (Phi) is 1.93. The normalized spacial score (nSPS) is 9.56. The maximum absolute atomic E-state index is 5.62. The van der Waals surface area contributed by atoms with Crippen molar-refractivity contribution in [1.82, 2.24) is 4.98 Å². The summed E-state index contributed by atoms with van der Waals surface area (Å²) in [6, 6.07) is 1.65. The molecule has 0 atom stereocenters. The molecule has 0 radical (unpaired) electrons. The zero-order valence-corrected chi connectivity index (χ0v) is 6.78. The molecule has 2 N–H and O–H groups in total. The van der Waals surface area contributed by atoms with Gasteiger partial charge in [-0.05, 0) is 22.0 Å². The fourth-order valence-electron chi connectivity index (χ4n) is 0.418. The smallest absolute Gasteiger partial charge is 0.107 e. The maximum atomic E-state index is 5.62. The first-order valence-corrected chi connectivity index (χ1v) is 3.44. The summed E-state index contributed by atoms with van der Waals surface area (Å²) in [7, 11) is 0. The van der Waals surface area contributed by atoms with Gasteiger partial charge in [-0.15, -0.1) is 0 Å². The maximum Gasteiger partial charge on any atom is 0.107 e. The molecule has 1 rings (SSSR count). The van der Waals surface area contributed by atoms with Crippen LogP contribution in [0, 0.1) is 0 Å². The first-order chi connectivity index (χ1) is 4.20. The fourth-order valence-corrected chi connectivity index (χ4v) is 1.03. The Morgan fingerprint density at radius 2 is 2.33 bits per heavy atom. The number of nitrogens with zero attached hydrogens (tertiary/aromatic N) is 1. The number of rotatable bonds is 0. The Labute approximate surface area is 66.2 Å². The van der Waals surface area contributed by atoms with Crippen molar-refractivity contribution in [1.29, 1.82) is 0 Å². The molecule has 0 saturated carbocycles. The van der Waals surface area contributed by atoms with Crippen LogP contribution in [0.3, 0.4) is 0 Å². The van der Waals surface area contributed by atoms with Crippen molar-refractivity contribution >= 4 is 33.2 Å². The molecule has 0 bridgehead atoms.